The molecule has 1 saturated heterocycles. The number of para-hydroxylation sites is 1. The third-order valence-corrected chi connectivity index (χ3v) is 6.80. The topological polar surface area (TPSA) is 89.2 Å². The number of hydrogen-bond donors (Lipinski definition) is 0. The van der Waals surface area contributed by atoms with Gasteiger partial charge in [0.1, 0.15) is 5.65 Å². The lowest BCUT2D eigenvalue weighted by molar-refractivity contribution is -0.131. The SMILES string of the molecule is Cc1nn(-c2ccccc2)c2c1c(C)c(CCC(=O)N1CCN(c3ncccn3)CC1)c(=O)n2C. The fraction of sp³-hybridized carbons (Fsp3) is 0.346. The van der Waals surface area contributed by atoms with Gasteiger partial charge in [0.2, 0.25) is 11.9 Å². The third kappa shape index (κ3) is 4.18. The van der Waals surface area contributed by atoms with E-state index in [1.165, 1.54) is 0 Å². The Hall–Kier alpha value is -4.01. The molecule has 3 aromatic heterocycles. The van der Waals surface area contributed by atoms with E-state index in [0.29, 0.717) is 50.5 Å². The van der Waals surface area contributed by atoms with Gasteiger partial charge in [-0.05, 0) is 44.0 Å². The molecule has 0 spiro atoms. The quantitative estimate of drug-likeness (QED) is 0.444. The molecule has 0 saturated carbocycles. The Morgan fingerprint density at radius 1 is 0.971 bits per heavy atom. The Morgan fingerprint density at radius 2 is 1.66 bits per heavy atom. The van der Waals surface area contributed by atoms with Crippen LogP contribution in [0.4, 0.5) is 5.95 Å². The van der Waals surface area contributed by atoms with Gasteiger partial charge < -0.3 is 9.80 Å². The second-order valence-corrected chi connectivity index (χ2v) is 8.92. The van der Waals surface area contributed by atoms with Crippen LogP contribution in [-0.4, -0.2) is 61.3 Å². The molecule has 0 radical (unpaired) electrons. The summed E-state index contributed by atoms with van der Waals surface area (Å²) in [6.45, 7) is 6.56. The molecule has 1 aliphatic rings. The van der Waals surface area contributed by atoms with Crippen molar-refractivity contribution in [2.75, 3.05) is 31.1 Å². The molecular formula is C26H29N7O2. The van der Waals surface area contributed by atoms with Crippen LogP contribution in [0.3, 0.4) is 0 Å². The number of aromatic nitrogens is 5. The van der Waals surface area contributed by atoms with Gasteiger partial charge in [0, 0.05) is 63.0 Å². The van der Waals surface area contributed by atoms with Crippen molar-refractivity contribution in [1.29, 1.82) is 0 Å². The Morgan fingerprint density at radius 3 is 2.34 bits per heavy atom. The van der Waals surface area contributed by atoms with Crippen molar-refractivity contribution in [2.24, 2.45) is 7.05 Å². The monoisotopic (exact) mass is 471 g/mol. The lowest BCUT2D eigenvalue weighted by Crippen LogP contribution is -2.49. The summed E-state index contributed by atoms with van der Waals surface area (Å²) in [6, 6.07) is 11.6. The maximum atomic E-state index is 13.4. The van der Waals surface area contributed by atoms with Crippen molar-refractivity contribution in [3.8, 4) is 5.69 Å². The van der Waals surface area contributed by atoms with Gasteiger partial charge in [0.15, 0.2) is 0 Å². The van der Waals surface area contributed by atoms with E-state index in [4.69, 9.17) is 5.10 Å². The van der Waals surface area contributed by atoms with Crippen molar-refractivity contribution < 1.29 is 4.79 Å². The standard InChI is InChI=1S/C26H29N7O2/c1-18-21(10-11-22(34)31-14-16-32(17-15-31)26-27-12-7-13-28-26)25(35)30(3)24-23(18)19(2)29-33(24)20-8-5-4-6-9-20/h4-9,12-13H,10-11,14-17H2,1-3H3. The summed E-state index contributed by atoms with van der Waals surface area (Å²) in [6.07, 6.45) is 4.16. The van der Waals surface area contributed by atoms with Crippen molar-refractivity contribution in [2.45, 2.75) is 26.7 Å². The van der Waals surface area contributed by atoms with Crippen LogP contribution in [-0.2, 0) is 18.3 Å². The molecule has 1 fully saturated rings. The van der Waals surface area contributed by atoms with Crippen LogP contribution in [0.25, 0.3) is 16.7 Å². The van der Waals surface area contributed by atoms with Gasteiger partial charge in [-0.3, -0.25) is 14.2 Å². The third-order valence-electron chi connectivity index (χ3n) is 6.80. The van der Waals surface area contributed by atoms with Crippen molar-refractivity contribution >= 4 is 22.9 Å². The molecule has 35 heavy (non-hydrogen) atoms. The predicted molar refractivity (Wildman–Crippen MR) is 135 cm³/mol. The minimum Gasteiger partial charge on any atom is -0.339 e. The summed E-state index contributed by atoms with van der Waals surface area (Å²) < 4.78 is 3.48. The second-order valence-electron chi connectivity index (χ2n) is 8.92. The molecule has 4 heterocycles. The zero-order chi connectivity index (χ0) is 24.5. The smallest absolute Gasteiger partial charge is 0.255 e. The van der Waals surface area contributed by atoms with Gasteiger partial charge in [-0.15, -0.1) is 0 Å². The fourth-order valence-electron chi connectivity index (χ4n) is 4.92. The largest absolute Gasteiger partial charge is 0.339 e. The number of hydrogen-bond acceptors (Lipinski definition) is 6. The van der Waals surface area contributed by atoms with Gasteiger partial charge in [0.25, 0.3) is 5.56 Å². The molecule has 180 valence electrons. The van der Waals surface area contributed by atoms with E-state index in [2.05, 4.69) is 14.9 Å². The fourth-order valence-corrected chi connectivity index (χ4v) is 4.92. The number of amides is 1. The second kappa shape index (κ2) is 9.32. The lowest BCUT2D eigenvalue weighted by Gasteiger charge is -2.34. The zero-order valence-corrected chi connectivity index (χ0v) is 20.3. The highest BCUT2D eigenvalue weighted by atomic mass is 16.2. The first-order valence-electron chi connectivity index (χ1n) is 11.9. The number of nitrogens with zero attached hydrogens (tertiary/aromatic N) is 7. The summed E-state index contributed by atoms with van der Waals surface area (Å²) in [7, 11) is 1.78. The summed E-state index contributed by atoms with van der Waals surface area (Å²) in [5, 5.41) is 5.70. The number of carbonyl (C=O) groups excluding carboxylic acids is 1. The molecule has 0 bridgehead atoms. The van der Waals surface area contributed by atoms with E-state index in [-0.39, 0.29) is 11.5 Å². The summed E-state index contributed by atoms with van der Waals surface area (Å²) in [4.78, 5) is 38.9. The van der Waals surface area contributed by atoms with E-state index >= 15 is 0 Å². The molecule has 5 rings (SSSR count). The number of pyridine rings is 1. The van der Waals surface area contributed by atoms with E-state index in [1.807, 2.05) is 53.8 Å². The first-order valence-corrected chi connectivity index (χ1v) is 11.9. The summed E-state index contributed by atoms with van der Waals surface area (Å²) >= 11 is 0. The molecular weight excluding hydrogens is 442 g/mol. The highest BCUT2D eigenvalue weighted by Crippen LogP contribution is 2.26. The number of anilines is 1. The van der Waals surface area contributed by atoms with Gasteiger partial charge in [-0.25, -0.2) is 14.6 Å². The number of fused-ring (bicyclic) bond motifs is 1. The van der Waals surface area contributed by atoms with Crippen LogP contribution < -0.4 is 10.5 Å². The Balaban J connectivity index is 1.34. The van der Waals surface area contributed by atoms with E-state index in [1.54, 1.807) is 30.1 Å². The molecule has 9 nitrogen and oxygen atoms in total. The van der Waals surface area contributed by atoms with E-state index < -0.39 is 0 Å². The molecule has 4 aromatic rings. The molecule has 1 aromatic carbocycles. The van der Waals surface area contributed by atoms with Crippen molar-refractivity contribution in [3.63, 3.8) is 0 Å². The maximum absolute atomic E-state index is 13.4. The Labute approximate surface area is 203 Å². The van der Waals surface area contributed by atoms with Gasteiger partial charge >= 0.3 is 0 Å². The Bertz CT molecular complexity index is 1420. The number of carbonyl (C=O) groups is 1. The number of aryl methyl sites for hydroxylation is 3. The van der Waals surface area contributed by atoms with Crippen molar-refractivity contribution in [1.82, 2.24) is 29.2 Å². The number of rotatable bonds is 5. The number of piperazine rings is 1. The number of benzene rings is 1. The van der Waals surface area contributed by atoms with Crippen LogP contribution in [0.15, 0.2) is 53.6 Å². The zero-order valence-electron chi connectivity index (χ0n) is 20.3. The molecule has 9 heteroatoms. The first-order chi connectivity index (χ1) is 17.0. The van der Waals surface area contributed by atoms with Gasteiger partial charge in [-0.2, -0.15) is 5.10 Å². The normalized spacial score (nSPS) is 14.0. The van der Waals surface area contributed by atoms with Gasteiger partial charge in [0.05, 0.1) is 11.4 Å². The maximum Gasteiger partial charge on any atom is 0.255 e. The molecule has 0 unspecified atom stereocenters. The molecule has 0 aliphatic carbocycles. The minimum atomic E-state index is -0.0778. The lowest BCUT2D eigenvalue weighted by atomic mass is 10.0. The minimum absolute atomic E-state index is 0.0666. The molecule has 1 aliphatic heterocycles. The first kappa shape index (κ1) is 22.8. The molecule has 1 amide bonds. The van der Waals surface area contributed by atoms with E-state index in [0.717, 1.165) is 28.0 Å². The van der Waals surface area contributed by atoms with Crippen molar-refractivity contribution in [3.05, 3.63) is 76.0 Å². The van der Waals surface area contributed by atoms with Crippen LogP contribution in [0.1, 0.15) is 23.2 Å². The summed E-state index contributed by atoms with van der Waals surface area (Å²) in [5.74, 6) is 0.760. The van der Waals surface area contributed by atoms with Gasteiger partial charge in [-0.1, -0.05) is 18.2 Å². The molecule has 0 atom stereocenters. The highest BCUT2D eigenvalue weighted by molar-refractivity contribution is 5.85. The van der Waals surface area contributed by atoms with Crippen LogP contribution in [0.5, 0.6) is 0 Å². The highest BCUT2D eigenvalue weighted by Gasteiger charge is 2.24. The van der Waals surface area contributed by atoms with Crippen LogP contribution >= 0.6 is 0 Å². The average molecular weight is 472 g/mol. The van der Waals surface area contributed by atoms with E-state index in [9.17, 15) is 9.59 Å². The predicted octanol–water partition coefficient (Wildman–Crippen LogP) is 2.41. The summed E-state index contributed by atoms with van der Waals surface area (Å²) in [5.41, 5.74) is 4.05. The van der Waals surface area contributed by atoms with Crippen LogP contribution in [0.2, 0.25) is 0 Å². The average Bonchev–Trinajstić information content (AvgIpc) is 3.25. The van der Waals surface area contributed by atoms with Crippen LogP contribution in [0, 0.1) is 13.8 Å². The molecule has 0 N–H and O–H groups in total. The Kier molecular flexibility index (Phi) is 6.07.